The second-order valence-corrected chi connectivity index (χ2v) is 19.8. The van der Waals surface area contributed by atoms with E-state index in [1.165, 1.54) is 27.8 Å². The Labute approximate surface area is 321 Å². The fourth-order valence-electron chi connectivity index (χ4n) is 8.36. The van der Waals surface area contributed by atoms with Gasteiger partial charge in [0.1, 0.15) is 0 Å². The first-order chi connectivity index (χ1) is 24.5. The number of benzene rings is 4. The molecule has 0 aromatic heterocycles. The average Bonchev–Trinajstić information content (AvgIpc) is 3.40. The first-order valence-corrected chi connectivity index (χ1v) is 19.4. The molecule has 0 N–H and O–H groups in total. The van der Waals surface area contributed by atoms with Crippen LogP contribution in [0, 0.1) is 0 Å². The van der Waals surface area contributed by atoms with Gasteiger partial charge in [0.05, 0.1) is 0 Å². The lowest BCUT2D eigenvalue weighted by Crippen LogP contribution is -2.39. The number of rotatable bonds is 4. The second kappa shape index (κ2) is 13.1. The Morgan fingerprint density at radius 3 is 1.09 bits per heavy atom. The summed E-state index contributed by atoms with van der Waals surface area (Å²) in [4.78, 5) is 13.9. The summed E-state index contributed by atoms with van der Waals surface area (Å²) in [5.74, 6) is 0. The van der Waals surface area contributed by atoms with Gasteiger partial charge < -0.3 is 0 Å². The minimum absolute atomic E-state index is 0.0252. The number of hydrogen-bond donors (Lipinski definition) is 0. The fraction of sp³-hybridized carbons (Fsp3) is 0.412. The lowest BCUT2D eigenvalue weighted by atomic mass is 9.64. The topological polar surface area (TPSA) is 18.5 Å². The van der Waals surface area contributed by atoms with Crippen LogP contribution in [-0.2, 0) is 37.0 Å². The van der Waals surface area contributed by atoms with Gasteiger partial charge in [0.25, 0.3) is 0 Å². The highest BCUT2D eigenvalue weighted by molar-refractivity contribution is 5.88. The standard InChI is InChI=1S/C51H62O2/c1-33-32-34(2)45-50(15,44(33)43(35-16-20-37(21-17-35)46(3,4)5)36-18-22-38(23-19-36)47(6,7)8)52-53-51(45,41-28-24-39(25-29-41)48(9,10)11)42-30-26-40(27-31-42)49(12,13)14/h16-32H,1-15H3. The van der Waals surface area contributed by atoms with E-state index in [-0.39, 0.29) is 21.7 Å². The highest BCUT2D eigenvalue weighted by atomic mass is 17.2. The van der Waals surface area contributed by atoms with Crippen molar-refractivity contribution in [2.24, 2.45) is 0 Å². The molecule has 0 amide bonds. The normalized spacial score (nSPS) is 19.3. The lowest BCUT2D eigenvalue weighted by molar-refractivity contribution is -0.335. The van der Waals surface area contributed by atoms with Crippen molar-refractivity contribution >= 4 is 5.57 Å². The minimum atomic E-state index is -0.967. The van der Waals surface area contributed by atoms with Crippen LogP contribution in [0.25, 0.3) is 5.57 Å². The summed E-state index contributed by atoms with van der Waals surface area (Å²) in [6.45, 7) is 33.9. The summed E-state index contributed by atoms with van der Waals surface area (Å²) in [6, 6.07) is 36.4. The molecule has 2 aliphatic rings. The van der Waals surface area contributed by atoms with E-state index in [0.717, 1.165) is 44.5 Å². The van der Waals surface area contributed by atoms with Crippen LogP contribution in [0.15, 0.2) is 125 Å². The summed E-state index contributed by atoms with van der Waals surface area (Å²) in [7, 11) is 0. The zero-order valence-electron chi connectivity index (χ0n) is 35.1. The molecule has 1 saturated heterocycles. The summed E-state index contributed by atoms with van der Waals surface area (Å²) >= 11 is 0. The van der Waals surface area contributed by atoms with Crippen LogP contribution in [0.3, 0.4) is 0 Å². The molecule has 0 radical (unpaired) electrons. The maximum Gasteiger partial charge on any atom is 0.178 e. The van der Waals surface area contributed by atoms with E-state index in [2.05, 4.69) is 207 Å². The van der Waals surface area contributed by atoms with Crippen molar-refractivity contribution in [2.45, 2.75) is 137 Å². The third-order valence-corrected chi connectivity index (χ3v) is 11.5. The zero-order chi connectivity index (χ0) is 38.9. The van der Waals surface area contributed by atoms with Gasteiger partial charge >= 0.3 is 0 Å². The van der Waals surface area contributed by atoms with Crippen LogP contribution in [0.5, 0.6) is 0 Å². The van der Waals surface area contributed by atoms with Crippen molar-refractivity contribution < 1.29 is 9.78 Å². The van der Waals surface area contributed by atoms with E-state index in [9.17, 15) is 0 Å². The third kappa shape index (κ3) is 6.94. The van der Waals surface area contributed by atoms with Gasteiger partial charge in [0, 0.05) is 11.1 Å². The Morgan fingerprint density at radius 2 is 0.774 bits per heavy atom. The van der Waals surface area contributed by atoms with Gasteiger partial charge in [-0.1, -0.05) is 186 Å². The van der Waals surface area contributed by atoms with Crippen molar-refractivity contribution in [3.8, 4) is 0 Å². The molecule has 0 spiro atoms. The molecule has 1 aliphatic carbocycles. The monoisotopic (exact) mass is 706 g/mol. The number of allylic oxidation sites excluding steroid dienone is 2. The fourth-order valence-corrected chi connectivity index (χ4v) is 8.36. The van der Waals surface area contributed by atoms with Crippen molar-refractivity contribution in [1.82, 2.24) is 0 Å². The number of fused-ring (bicyclic) bond motifs is 1. The summed E-state index contributed by atoms with van der Waals surface area (Å²) < 4.78 is 0. The van der Waals surface area contributed by atoms with Gasteiger partial charge in [0.2, 0.25) is 0 Å². The predicted octanol–water partition coefficient (Wildman–Crippen LogP) is 13.6. The van der Waals surface area contributed by atoms with Crippen LogP contribution in [0.4, 0.5) is 0 Å². The smallest absolute Gasteiger partial charge is 0.178 e. The molecule has 1 heterocycles. The summed E-state index contributed by atoms with van der Waals surface area (Å²) in [5.41, 5.74) is 13.7. The molecule has 1 aliphatic heterocycles. The van der Waals surface area contributed by atoms with Crippen molar-refractivity contribution in [3.63, 3.8) is 0 Å². The Bertz CT molecular complexity index is 1960. The van der Waals surface area contributed by atoms with E-state index in [1.807, 2.05) is 0 Å². The van der Waals surface area contributed by atoms with Crippen molar-refractivity contribution in [1.29, 1.82) is 0 Å². The van der Waals surface area contributed by atoms with Crippen LogP contribution in [-0.4, -0.2) is 5.60 Å². The second-order valence-electron chi connectivity index (χ2n) is 19.8. The molecule has 0 saturated carbocycles. The summed E-state index contributed by atoms with van der Waals surface area (Å²) in [5, 5.41) is 0. The molecule has 1 unspecified atom stereocenters. The maximum atomic E-state index is 6.99. The molecule has 2 nitrogen and oxygen atoms in total. The van der Waals surface area contributed by atoms with Crippen LogP contribution in [0.2, 0.25) is 0 Å². The van der Waals surface area contributed by atoms with Crippen LogP contribution < -0.4 is 0 Å². The van der Waals surface area contributed by atoms with E-state index < -0.39 is 11.2 Å². The van der Waals surface area contributed by atoms with E-state index >= 15 is 0 Å². The molecule has 1 atom stereocenters. The summed E-state index contributed by atoms with van der Waals surface area (Å²) in [6.07, 6.45) is 2.35. The first-order valence-electron chi connectivity index (χ1n) is 19.4. The van der Waals surface area contributed by atoms with E-state index in [0.29, 0.717) is 0 Å². The Morgan fingerprint density at radius 1 is 0.453 bits per heavy atom. The highest BCUT2D eigenvalue weighted by Crippen LogP contribution is 2.60. The Balaban J connectivity index is 1.65. The van der Waals surface area contributed by atoms with E-state index in [4.69, 9.17) is 9.78 Å². The van der Waals surface area contributed by atoms with Crippen LogP contribution in [0.1, 0.15) is 148 Å². The van der Waals surface area contributed by atoms with Gasteiger partial charge in [0.15, 0.2) is 11.2 Å². The van der Waals surface area contributed by atoms with Gasteiger partial charge in [-0.2, -0.15) is 0 Å². The molecule has 4 aromatic rings. The molecule has 1 fully saturated rings. The van der Waals surface area contributed by atoms with Crippen molar-refractivity contribution in [3.05, 3.63) is 170 Å². The molecule has 53 heavy (non-hydrogen) atoms. The molecular formula is C51H62O2. The molecular weight excluding hydrogens is 645 g/mol. The minimum Gasteiger partial charge on any atom is -0.219 e. The Hall–Kier alpha value is -3.98. The average molecular weight is 707 g/mol. The predicted molar refractivity (Wildman–Crippen MR) is 224 cm³/mol. The quantitative estimate of drug-likeness (QED) is 0.197. The lowest BCUT2D eigenvalue weighted by Gasteiger charge is -2.38. The molecule has 0 bridgehead atoms. The number of hydrogen-bond acceptors (Lipinski definition) is 2. The molecule has 278 valence electrons. The van der Waals surface area contributed by atoms with Gasteiger partial charge in [-0.25, -0.2) is 9.78 Å². The van der Waals surface area contributed by atoms with Gasteiger partial charge in [-0.15, -0.1) is 0 Å². The van der Waals surface area contributed by atoms with Crippen LogP contribution >= 0.6 is 0 Å². The molecule has 2 heteroatoms. The zero-order valence-corrected chi connectivity index (χ0v) is 35.1. The third-order valence-electron chi connectivity index (χ3n) is 11.5. The van der Waals surface area contributed by atoms with Gasteiger partial charge in [-0.05, 0) is 104 Å². The largest absolute Gasteiger partial charge is 0.219 e. The first kappa shape index (κ1) is 38.7. The SMILES string of the molecule is CC1=CC(C)=C2C(C)(OOC2(c2ccc(C(C)(C)C)cc2)c2ccc(C(C)(C)C)cc2)C1=C(c1ccc(C(C)(C)C)cc1)c1ccc(C(C)(C)C)cc1. The molecule has 4 aromatic carbocycles. The van der Waals surface area contributed by atoms with Crippen molar-refractivity contribution in [2.75, 3.05) is 0 Å². The molecule has 6 rings (SSSR count). The van der Waals surface area contributed by atoms with E-state index in [1.54, 1.807) is 0 Å². The maximum absolute atomic E-state index is 6.99. The highest BCUT2D eigenvalue weighted by Gasteiger charge is 2.60. The Kier molecular flexibility index (Phi) is 9.58. The van der Waals surface area contributed by atoms with Gasteiger partial charge in [-0.3, -0.25) is 0 Å².